The Morgan fingerprint density at radius 2 is 1.00 bits per heavy atom. The van der Waals surface area contributed by atoms with Gasteiger partial charge >= 0.3 is 0 Å². The number of benzene rings is 9. The molecule has 2 aromatic heterocycles. The Kier molecular flexibility index (Phi) is 6.55. The van der Waals surface area contributed by atoms with E-state index in [1.54, 1.807) is 0 Å². The lowest BCUT2D eigenvalue weighted by atomic mass is 9.99. The number of para-hydroxylation sites is 3. The molecule has 3 heteroatoms. The van der Waals surface area contributed by atoms with Crippen molar-refractivity contribution in [2.24, 2.45) is 0 Å². The van der Waals surface area contributed by atoms with Gasteiger partial charge in [-0.2, -0.15) is 0 Å². The fraction of sp³-hybridized carbons (Fsp3) is 0. The van der Waals surface area contributed by atoms with E-state index in [0.717, 1.165) is 55.8 Å². The highest BCUT2D eigenvalue weighted by atomic mass is 16.3. The van der Waals surface area contributed by atoms with Crippen LogP contribution >= 0.6 is 0 Å². The summed E-state index contributed by atoms with van der Waals surface area (Å²) in [5.41, 5.74) is 10.9. The third kappa shape index (κ3) is 4.68. The maximum absolute atomic E-state index is 6.25. The predicted octanol–water partition coefficient (Wildman–Crippen LogP) is 14.1. The van der Waals surface area contributed by atoms with Crippen molar-refractivity contribution in [3.63, 3.8) is 0 Å². The van der Waals surface area contributed by atoms with E-state index in [1.165, 1.54) is 43.4 Å². The minimum atomic E-state index is 0.902. The number of fused-ring (bicyclic) bond motifs is 9. The van der Waals surface area contributed by atoms with Crippen molar-refractivity contribution >= 4 is 82.4 Å². The molecule has 0 amide bonds. The third-order valence-corrected chi connectivity index (χ3v) is 10.8. The van der Waals surface area contributed by atoms with Gasteiger partial charge in [-0.15, -0.1) is 0 Å². The van der Waals surface area contributed by atoms with Crippen molar-refractivity contribution in [2.75, 3.05) is 4.90 Å². The van der Waals surface area contributed by atoms with Crippen LogP contribution in [0.3, 0.4) is 0 Å². The first-order valence-electron chi connectivity index (χ1n) is 18.1. The second-order valence-electron chi connectivity index (χ2n) is 13.7. The Morgan fingerprint density at radius 3 is 1.81 bits per heavy atom. The van der Waals surface area contributed by atoms with Crippen LogP contribution in [-0.4, -0.2) is 4.57 Å². The number of furan rings is 1. The highest BCUT2D eigenvalue weighted by Gasteiger charge is 2.19. The van der Waals surface area contributed by atoms with Gasteiger partial charge in [0.25, 0.3) is 0 Å². The SMILES string of the molecule is c1cc(N(c2ccc(-c3ccc4c(c3)oc3ccccc34)cc2)c2cccc3ccc4ccccc4c23)cc(-n2c3ccccc3c3ccccc32)c1. The fourth-order valence-electron chi connectivity index (χ4n) is 8.33. The van der Waals surface area contributed by atoms with E-state index in [-0.39, 0.29) is 0 Å². The molecule has 0 atom stereocenters. The molecule has 0 N–H and O–H groups in total. The van der Waals surface area contributed by atoms with E-state index in [2.05, 4.69) is 191 Å². The van der Waals surface area contributed by atoms with Gasteiger partial charge in [-0.1, -0.05) is 127 Å². The maximum atomic E-state index is 6.25. The molecule has 0 radical (unpaired) electrons. The van der Waals surface area contributed by atoms with Crippen LogP contribution in [-0.2, 0) is 0 Å². The number of anilines is 3. The number of hydrogen-bond donors (Lipinski definition) is 0. The van der Waals surface area contributed by atoms with E-state index in [4.69, 9.17) is 4.42 Å². The van der Waals surface area contributed by atoms with Crippen molar-refractivity contribution in [3.05, 3.63) is 194 Å². The fourth-order valence-corrected chi connectivity index (χ4v) is 8.33. The van der Waals surface area contributed by atoms with E-state index in [9.17, 15) is 0 Å². The summed E-state index contributed by atoms with van der Waals surface area (Å²) in [7, 11) is 0. The van der Waals surface area contributed by atoms with Crippen LogP contribution in [0.1, 0.15) is 0 Å². The van der Waals surface area contributed by atoms with E-state index in [1.807, 2.05) is 12.1 Å². The Labute approximate surface area is 306 Å². The average molecular weight is 677 g/mol. The van der Waals surface area contributed by atoms with Gasteiger partial charge in [0.2, 0.25) is 0 Å². The predicted molar refractivity (Wildman–Crippen MR) is 223 cm³/mol. The first-order valence-corrected chi connectivity index (χ1v) is 18.1. The zero-order chi connectivity index (χ0) is 34.9. The van der Waals surface area contributed by atoms with Crippen LogP contribution in [0.15, 0.2) is 199 Å². The summed E-state index contributed by atoms with van der Waals surface area (Å²) in [4.78, 5) is 2.42. The number of nitrogens with zero attached hydrogens (tertiary/aromatic N) is 2. The zero-order valence-corrected chi connectivity index (χ0v) is 28.8. The Morgan fingerprint density at radius 1 is 0.377 bits per heavy atom. The van der Waals surface area contributed by atoms with Crippen molar-refractivity contribution in [1.82, 2.24) is 4.57 Å². The van der Waals surface area contributed by atoms with Crippen molar-refractivity contribution in [3.8, 4) is 16.8 Å². The highest BCUT2D eigenvalue weighted by Crippen LogP contribution is 2.43. The molecular formula is C50H32N2O. The molecule has 3 nitrogen and oxygen atoms in total. The number of rotatable bonds is 5. The van der Waals surface area contributed by atoms with Gasteiger partial charge in [-0.25, -0.2) is 0 Å². The Balaban J connectivity index is 1.11. The first-order chi connectivity index (χ1) is 26.3. The second kappa shape index (κ2) is 11.7. The molecule has 0 aliphatic rings. The quantitative estimate of drug-likeness (QED) is 0.169. The molecule has 0 saturated carbocycles. The second-order valence-corrected chi connectivity index (χ2v) is 13.7. The first kappa shape index (κ1) is 29.6. The van der Waals surface area contributed by atoms with Gasteiger partial charge in [0.15, 0.2) is 0 Å². The molecule has 0 aliphatic heterocycles. The third-order valence-electron chi connectivity index (χ3n) is 10.8. The standard InChI is InChI=1S/C50H32N2O/c1-2-15-40-34(11-1)23-24-35-12-9-21-47(50(35)40)51(37-28-25-33(26-29-37)36-27-30-44-43-18-5-8-22-48(43)53-49(44)31-36)38-13-10-14-39(32-38)52-45-19-6-3-16-41(45)42-17-4-7-20-46(42)52/h1-32H. The molecule has 0 spiro atoms. The summed E-state index contributed by atoms with van der Waals surface area (Å²) in [6.45, 7) is 0. The van der Waals surface area contributed by atoms with Gasteiger partial charge in [-0.05, 0) is 94.0 Å². The van der Waals surface area contributed by atoms with Crippen molar-refractivity contribution in [2.45, 2.75) is 0 Å². The average Bonchev–Trinajstić information content (AvgIpc) is 3.77. The van der Waals surface area contributed by atoms with Crippen LogP contribution < -0.4 is 4.90 Å². The van der Waals surface area contributed by atoms with Gasteiger partial charge in [0.05, 0.1) is 16.7 Å². The molecule has 0 unspecified atom stereocenters. The molecule has 0 aliphatic carbocycles. The molecular weight excluding hydrogens is 645 g/mol. The lowest BCUT2D eigenvalue weighted by Crippen LogP contribution is -2.11. The van der Waals surface area contributed by atoms with Crippen LogP contribution in [0, 0.1) is 0 Å². The van der Waals surface area contributed by atoms with Crippen LogP contribution in [0.4, 0.5) is 17.1 Å². The summed E-state index contributed by atoms with van der Waals surface area (Å²) in [5.74, 6) is 0. The molecule has 11 rings (SSSR count). The monoisotopic (exact) mass is 676 g/mol. The summed E-state index contributed by atoms with van der Waals surface area (Å²) >= 11 is 0. The van der Waals surface area contributed by atoms with Gasteiger partial charge < -0.3 is 13.9 Å². The van der Waals surface area contributed by atoms with E-state index in [0.29, 0.717) is 0 Å². The van der Waals surface area contributed by atoms with Crippen molar-refractivity contribution < 1.29 is 4.42 Å². The molecule has 53 heavy (non-hydrogen) atoms. The highest BCUT2D eigenvalue weighted by molar-refractivity contribution is 6.15. The number of aromatic nitrogens is 1. The van der Waals surface area contributed by atoms with Gasteiger partial charge in [0.1, 0.15) is 11.2 Å². The van der Waals surface area contributed by atoms with Gasteiger partial charge in [-0.3, -0.25) is 0 Å². The largest absolute Gasteiger partial charge is 0.456 e. The van der Waals surface area contributed by atoms with Crippen LogP contribution in [0.2, 0.25) is 0 Å². The van der Waals surface area contributed by atoms with E-state index >= 15 is 0 Å². The molecule has 11 aromatic rings. The normalized spacial score (nSPS) is 11.8. The Bertz CT molecular complexity index is 3130. The lowest BCUT2D eigenvalue weighted by molar-refractivity contribution is 0.669. The van der Waals surface area contributed by atoms with Crippen LogP contribution in [0.25, 0.3) is 82.1 Å². The molecule has 0 fully saturated rings. The molecule has 9 aromatic carbocycles. The van der Waals surface area contributed by atoms with Crippen molar-refractivity contribution in [1.29, 1.82) is 0 Å². The number of hydrogen-bond acceptors (Lipinski definition) is 2. The molecule has 248 valence electrons. The smallest absolute Gasteiger partial charge is 0.136 e. The summed E-state index contributed by atoms with van der Waals surface area (Å²) < 4.78 is 8.64. The van der Waals surface area contributed by atoms with Crippen LogP contribution in [0.5, 0.6) is 0 Å². The molecule has 0 saturated heterocycles. The summed E-state index contributed by atoms with van der Waals surface area (Å²) in [6, 6.07) is 69.9. The van der Waals surface area contributed by atoms with E-state index < -0.39 is 0 Å². The zero-order valence-electron chi connectivity index (χ0n) is 28.8. The Hall–Kier alpha value is -7.10. The summed E-state index contributed by atoms with van der Waals surface area (Å²) in [5, 5.41) is 9.68. The topological polar surface area (TPSA) is 21.3 Å². The van der Waals surface area contributed by atoms with Gasteiger partial charge in [0, 0.05) is 44.0 Å². The molecule has 2 heterocycles. The maximum Gasteiger partial charge on any atom is 0.136 e. The lowest BCUT2D eigenvalue weighted by Gasteiger charge is -2.28. The minimum Gasteiger partial charge on any atom is -0.456 e. The molecule has 0 bridgehead atoms. The minimum absolute atomic E-state index is 0.902. The summed E-state index contributed by atoms with van der Waals surface area (Å²) in [6.07, 6.45) is 0.